The molecule has 2 aromatic heterocycles. The number of nitrogens with zero attached hydrogens (tertiary/aromatic N) is 3. The van der Waals surface area contributed by atoms with E-state index in [-0.39, 0.29) is 0 Å². The third-order valence-corrected chi connectivity index (χ3v) is 3.25. The Morgan fingerprint density at radius 3 is 2.76 bits per heavy atom. The van der Waals surface area contributed by atoms with Crippen LogP contribution >= 0.6 is 11.8 Å². The van der Waals surface area contributed by atoms with Crippen LogP contribution in [0.5, 0.6) is 0 Å². The molecule has 1 N–H and O–H groups in total. The molecule has 0 unspecified atom stereocenters. The number of nitrogens with one attached hydrogen (secondary N) is 1. The van der Waals surface area contributed by atoms with Gasteiger partial charge in [-0.3, -0.25) is 4.98 Å². The third-order valence-electron chi connectivity index (χ3n) is 2.21. The first-order chi connectivity index (χ1) is 8.29. The Kier molecular flexibility index (Phi) is 4.06. The summed E-state index contributed by atoms with van der Waals surface area (Å²) in [5.41, 5.74) is 2.35. The van der Waals surface area contributed by atoms with Crippen molar-refractivity contribution in [1.29, 1.82) is 0 Å². The van der Waals surface area contributed by atoms with Gasteiger partial charge in [0.25, 0.3) is 0 Å². The number of hydrogen-bond acceptors (Lipinski definition) is 5. The van der Waals surface area contributed by atoms with Crippen molar-refractivity contribution < 1.29 is 0 Å². The highest BCUT2D eigenvalue weighted by atomic mass is 32.2. The van der Waals surface area contributed by atoms with Crippen molar-refractivity contribution in [2.75, 3.05) is 7.05 Å². The largest absolute Gasteiger partial charge is 0.316 e. The lowest BCUT2D eigenvalue weighted by molar-refractivity contribution is 0.806. The molecule has 0 aliphatic heterocycles. The Bertz CT molecular complexity index is 487. The lowest BCUT2D eigenvalue weighted by Crippen LogP contribution is -2.05. The van der Waals surface area contributed by atoms with E-state index in [1.165, 1.54) is 17.3 Å². The van der Waals surface area contributed by atoms with Crippen molar-refractivity contribution in [1.82, 2.24) is 20.3 Å². The molecule has 2 aromatic rings. The first-order valence-corrected chi connectivity index (χ1v) is 6.15. The summed E-state index contributed by atoms with van der Waals surface area (Å²) in [5, 5.41) is 4.95. The molecule has 0 atom stereocenters. The minimum atomic E-state index is 0.837. The highest BCUT2D eigenvalue weighted by Crippen LogP contribution is 2.26. The van der Waals surface area contributed by atoms with Gasteiger partial charge in [0.05, 0.1) is 6.20 Å². The SMILES string of the molecule is CNCc1cnc(Sc2cnccn2)c(C)c1. The van der Waals surface area contributed by atoms with Crippen LogP contribution in [0.2, 0.25) is 0 Å². The maximum atomic E-state index is 4.45. The Morgan fingerprint density at radius 1 is 1.24 bits per heavy atom. The molecule has 17 heavy (non-hydrogen) atoms. The van der Waals surface area contributed by atoms with Gasteiger partial charge in [0.2, 0.25) is 0 Å². The van der Waals surface area contributed by atoms with E-state index >= 15 is 0 Å². The predicted molar refractivity (Wildman–Crippen MR) is 67.9 cm³/mol. The van der Waals surface area contributed by atoms with Gasteiger partial charge in [-0.05, 0) is 36.9 Å². The quantitative estimate of drug-likeness (QED) is 0.894. The Hall–Kier alpha value is -1.46. The van der Waals surface area contributed by atoms with E-state index in [9.17, 15) is 0 Å². The molecule has 0 radical (unpaired) electrons. The van der Waals surface area contributed by atoms with Crippen LogP contribution in [0.4, 0.5) is 0 Å². The molecule has 0 saturated heterocycles. The third kappa shape index (κ3) is 3.25. The van der Waals surface area contributed by atoms with Crippen molar-refractivity contribution >= 4 is 11.8 Å². The normalized spacial score (nSPS) is 10.5. The fourth-order valence-electron chi connectivity index (χ4n) is 1.47. The van der Waals surface area contributed by atoms with Gasteiger partial charge in [0.15, 0.2) is 0 Å². The zero-order valence-corrected chi connectivity index (χ0v) is 10.7. The van der Waals surface area contributed by atoms with Crippen molar-refractivity contribution in [3.8, 4) is 0 Å². The molecule has 4 nitrogen and oxygen atoms in total. The lowest BCUT2D eigenvalue weighted by Gasteiger charge is -2.06. The zero-order chi connectivity index (χ0) is 12.1. The van der Waals surface area contributed by atoms with Crippen LogP contribution in [-0.4, -0.2) is 22.0 Å². The van der Waals surface area contributed by atoms with E-state index in [2.05, 4.69) is 33.3 Å². The van der Waals surface area contributed by atoms with Gasteiger partial charge in [-0.15, -0.1) is 0 Å². The number of aromatic nitrogens is 3. The van der Waals surface area contributed by atoms with E-state index < -0.39 is 0 Å². The summed E-state index contributed by atoms with van der Waals surface area (Å²) >= 11 is 1.54. The molecule has 0 aliphatic carbocycles. The van der Waals surface area contributed by atoms with Gasteiger partial charge >= 0.3 is 0 Å². The van der Waals surface area contributed by atoms with Crippen molar-refractivity contribution in [3.05, 3.63) is 42.0 Å². The number of hydrogen-bond donors (Lipinski definition) is 1. The van der Waals surface area contributed by atoms with Crippen LogP contribution < -0.4 is 5.32 Å². The molecule has 0 fully saturated rings. The number of pyridine rings is 1. The van der Waals surface area contributed by atoms with Crippen molar-refractivity contribution in [3.63, 3.8) is 0 Å². The maximum absolute atomic E-state index is 4.45. The van der Waals surface area contributed by atoms with E-state index in [1.54, 1.807) is 18.6 Å². The summed E-state index contributed by atoms with van der Waals surface area (Å²) in [5.74, 6) is 0. The van der Waals surface area contributed by atoms with E-state index in [4.69, 9.17) is 0 Å². The molecule has 0 amide bonds. The molecule has 5 heteroatoms. The average molecular weight is 246 g/mol. The molecular weight excluding hydrogens is 232 g/mol. The first kappa shape index (κ1) is 12.0. The van der Waals surface area contributed by atoms with Crippen LogP contribution in [0, 0.1) is 6.92 Å². The molecule has 0 aromatic carbocycles. The van der Waals surface area contributed by atoms with Gasteiger partial charge < -0.3 is 5.32 Å². The molecule has 0 spiro atoms. The number of rotatable bonds is 4. The Morgan fingerprint density at radius 2 is 2.12 bits per heavy atom. The topological polar surface area (TPSA) is 50.7 Å². The highest BCUT2D eigenvalue weighted by molar-refractivity contribution is 7.99. The summed E-state index contributed by atoms with van der Waals surface area (Å²) in [6, 6.07) is 2.14. The van der Waals surface area contributed by atoms with E-state index in [0.29, 0.717) is 0 Å². The summed E-state index contributed by atoms with van der Waals surface area (Å²) in [6.45, 7) is 2.90. The monoisotopic (exact) mass is 246 g/mol. The second-order valence-corrected chi connectivity index (χ2v) is 4.65. The second kappa shape index (κ2) is 5.75. The van der Waals surface area contributed by atoms with Crippen LogP contribution in [-0.2, 0) is 6.54 Å². The number of aryl methyl sites for hydroxylation is 1. The van der Waals surface area contributed by atoms with Crippen LogP contribution in [0.3, 0.4) is 0 Å². The predicted octanol–water partition coefficient (Wildman–Crippen LogP) is 2.05. The van der Waals surface area contributed by atoms with Gasteiger partial charge in [-0.2, -0.15) is 0 Å². The van der Waals surface area contributed by atoms with Crippen LogP contribution in [0.15, 0.2) is 40.9 Å². The second-order valence-electron chi connectivity index (χ2n) is 3.64. The summed E-state index contributed by atoms with van der Waals surface area (Å²) < 4.78 is 0. The van der Waals surface area contributed by atoms with Crippen molar-refractivity contribution in [2.45, 2.75) is 23.5 Å². The smallest absolute Gasteiger partial charge is 0.121 e. The molecule has 2 rings (SSSR count). The molecule has 88 valence electrons. The molecule has 0 aliphatic rings. The summed E-state index contributed by atoms with van der Waals surface area (Å²) in [7, 11) is 1.93. The highest BCUT2D eigenvalue weighted by Gasteiger charge is 2.04. The van der Waals surface area contributed by atoms with Gasteiger partial charge in [-0.25, -0.2) is 9.97 Å². The van der Waals surface area contributed by atoms with Crippen LogP contribution in [0.25, 0.3) is 0 Å². The minimum absolute atomic E-state index is 0.837. The fourth-order valence-corrected chi connectivity index (χ4v) is 2.22. The average Bonchev–Trinajstić information content (AvgIpc) is 2.34. The molecule has 0 saturated carbocycles. The minimum Gasteiger partial charge on any atom is -0.316 e. The maximum Gasteiger partial charge on any atom is 0.121 e. The Labute approximate surface area is 105 Å². The van der Waals surface area contributed by atoms with Crippen molar-refractivity contribution in [2.24, 2.45) is 0 Å². The molecule has 0 bridgehead atoms. The molecular formula is C12H14N4S. The van der Waals surface area contributed by atoms with Crippen LogP contribution in [0.1, 0.15) is 11.1 Å². The van der Waals surface area contributed by atoms with E-state index in [0.717, 1.165) is 22.2 Å². The summed E-state index contributed by atoms with van der Waals surface area (Å²) in [4.78, 5) is 12.7. The lowest BCUT2D eigenvalue weighted by atomic mass is 10.2. The standard InChI is InChI=1S/C12H14N4S/c1-9-5-10(6-13-2)7-16-12(9)17-11-8-14-3-4-15-11/h3-5,7-8,13H,6H2,1-2H3. The first-order valence-electron chi connectivity index (χ1n) is 5.33. The van der Waals surface area contributed by atoms with Gasteiger partial charge in [0.1, 0.15) is 10.1 Å². The van der Waals surface area contributed by atoms with Gasteiger partial charge in [0, 0.05) is 25.1 Å². The molecule has 2 heterocycles. The summed E-state index contributed by atoms with van der Waals surface area (Å²) in [6.07, 6.45) is 6.99. The Balaban J connectivity index is 2.17. The fraction of sp³-hybridized carbons (Fsp3) is 0.250. The van der Waals surface area contributed by atoms with E-state index in [1.807, 2.05) is 13.2 Å². The van der Waals surface area contributed by atoms with Gasteiger partial charge in [-0.1, -0.05) is 6.07 Å². The zero-order valence-electron chi connectivity index (χ0n) is 9.84.